The van der Waals surface area contributed by atoms with Crippen LogP contribution >= 0.6 is 0 Å². The van der Waals surface area contributed by atoms with Crippen molar-refractivity contribution in [1.29, 1.82) is 0 Å². The zero-order valence-corrected chi connectivity index (χ0v) is 11.5. The first-order chi connectivity index (χ1) is 9.73. The number of hydrogen-bond donors (Lipinski definition) is 1. The summed E-state index contributed by atoms with van der Waals surface area (Å²) >= 11 is 0. The number of hydrogen-bond acceptors (Lipinski definition) is 3. The molecule has 1 N–H and O–H groups in total. The van der Waals surface area contributed by atoms with Gasteiger partial charge >= 0.3 is 5.97 Å². The number of benzene rings is 1. The van der Waals surface area contributed by atoms with Crippen LogP contribution in [-0.4, -0.2) is 36.9 Å². The third kappa shape index (κ3) is 3.03. The Balaban J connectivity index is 2.28. The third-order valence-electron chi connectivity index (χ3n) is 3.40. The molecule has 1 fully saturated rings. The lowest BCUT2D eigenvalue weighted by Gasteiger charge is -2.29. The van der Waals surface area contributed by atoms with E-state index in [1.165, 1.54) is 0 Å². The average Bonchev–Trinajstić information content (AvgIpc) is 2.42. The number of nitrogens with zero attached hydrogens (tertiary/aromatic N) is 1. The van der Waals surface area contributed by atoms with Gasteiger partial charge in [-0.15, -0.1) is 0 Å². The van der Waals surface area contributed by atoms with Gasteiger partial charge in [-0.25, -0.2) is 21.6 Å². The quantitative estimate of drug-likeness (QED) is 0.857. The van der Waals surface area contributed by atoms with Crippen LogP contribution in [0.25, 0.3) is 0 Å². The van der Waals surface area contributed by atoms with Gasteiger partial charge in [0, 0.05) is 19.2 Å². The van der Waals surface area contributed by atoms with E-state index in [1.807, 2.05) is 0 Å². The van der Waals surface area contributed by atoms with Crippen LogP contribution in [-0.2, 0) is 14.8 Å². The Morgan fingerprint density at radius 3 is 2.14 bits per heavy atom. The number of sulfonamides is 1. The van der Waals surface area contributed by atoms with Crippen LogP contribution < -0.4 is 0 Å². The minimum absolute atomic E-state index is 0.0832. The van der Waals surface area contributed by atoms with Gasteiger partial charge in [0.2, 0.25) is 10.0 Å². The molecule has 0 saturated carbocycles. The van der Waals surface area contributed by atoms with E-state index in [-0.39, 0.29) is 32.0 Å². The normalized spacial score (nSPS) is 17.9. The molecular weight excluding hydrogens is 311 g/mol. The Morgan fingerprint density at radius 1 is 1.10 bits per heavy atom. The van der Waals surface area contributed by atoms with E-state index in [9.17, 15) is 26.4 Å². The highest BCUT2D eigenvalue weighted by Gasteiger charge is 2.34. The molecule has 1 aromatic rings. The van der Waals surface area contributed by atoms with Crippen LogP contribution in [0.4, 0.5) is 13.2 Å². The fourth-order valence-corrected chi connectivity index (χ4v) is 3.71. The molecule has 1 aliphatic heterocycles. The fraction of sp³-hybridized carbons (Fsp3) is 0.417. The number of carbonyl (C=O) groups is 1. The zero-order chi connectivity index (χ0) is 15.8. The number of halogens is 3. The summed E-state index contributed by atoms with van der Waals surface area (Å²) in [6.07, 6.45) is 0.166. The van der Waals surface area contributed by atoms with Crippen molar-refractivity contribution >= 4 is 16.0 Å². The molecule has 0 amide bonds. The lowest BCUT2D eigenvalue weighted by Crippen LogP contribution is -2.40. The molecule has 0 aliphatic carbocycles. The van der Waals surface area contributed by atoms with Crippen molar-refractivity contribution in [1.82, 2.24) is 4.31 Å². The summed E-state index contributed by atoms with van der Waals surface area (Å²) in [5, 5.41) is 8.84. The largest absolute Gasteiger partial charge is 0.481 e. The monoisotopic (exact) mass is 323 g/mol. The molecule has 0 atom stereocenters. The first kappa shape index (κ1) is 15.8. The number of carboxylic acid groups (broad SMARTS) is 1. The van der Waals surface area contributed by atoms with Crippen LogP contribution in [0, 0.1) is 23.4 Å². The lowest BCUT2D eigenvalue weighted by atomic mass is 9.99. The molecule has 0 bridgehead atoms. The van der Waals surface area contributed by atoms with Crippen LogP contribution in [0.3, 0.4) is 0 Å². The minimum atomic E-state index is -4.32. The van der Waals surface area contributed by atoms with E-state index in [0.717, 1.165) is 4.31 Å². The Hall–Kier alpha value is -1.61. The van der Waals surface area contributed by atoms with Gasteiger partial charge in [0.05, 0.1) is 5.92 Å². The highest BCUT2D eigenvalue weighted by atomic mass is 32.2. The van der Waals surface area contributed by atoms with Crippen LogP contribution in [0.5, 0.6) is 0 Å². The van der Waals surface area contributed by atoms with E-state index in [4.69, 9.17) is 5.11 Å². The van der Waals surface area contributed by atoms with Gasteiger partial charge in [-0.05, 0) is 18.9 Å². The summed E-state index contributed by atoms with van der Waals surface area (Å²) in [5.74, 6) is -6.00. The SMILES string of the molecule is O=C(O)C1CCN(S(=O)(=O)c2cc(F)c(F)cc2F)CC1. The van der Waals surface area contributed by atoms with Crippen molar-refractivity contribution in [3.8, 4) is 0 Å². The number of aliphatic carboxylic acids is 1. The van der Waals surface area contributed by atoms with Gasteiger partial charge < -0.3 is 5.11 Å². The number of carboxylic acids is 1. The van der Waals surface area contributed by atoms with Gasteiger partial charge in [0.25, 0.3) is 0 Å². The second-order valence-electron chi connectivity index (χ2n) is 4.71. The van der Waals surface area contributed by atoms with Crippen LogP contribution in [0.2, 0.25) is 0 Å². The topological polar surface area (TPSA) is 74.7 Å². The van der Waals surface area contributed by atoms with Crippen molar-refractivity contribution in [2.75, 3.05) is 13.1 Å². The summed E-state index contributed by atoms with van der Waals surface area (Å²) < 4.78 is 64.8. The molecule has 21 heavy (non-hydrogen) atoms. The maximum Gasteiger partial charge on any atom is 0.306 e. The molecular formula is C12H12F3NO4S. The standard InChI is InChI=1S/C12H12F3NO4S/c13-8-5-10(15)11(6-9(8)14)21(19,20)16-3-1-7(2-4-16)12(17)18/h5-7H,1-4H2,(H,17,18). The molecule has 1 aliphatic rings. The lowest BCUT2D eigenvalue weighted by molar-refractivity contribution is -0.142. The third-order valence-corrected chi connectivity index (χ3v) is 5.31. The predicted molar refractivity (Wildman–Crippen MR) is 65.4 cm³/mol. The van der Waals surface area contributed by atoms with E-state index in [2.05, 4.69) is 0 Å². The molecule has 9 heteroatoms. The van der Waals surface area contributed by atoms with E-state index >= 15 is 0 Å². The van der Waals surface area contributed by atoms with Crippen molar-refractivity contribution in [3.05, 3.63) is 29.6 Å². The molecule has 0 aromatic heterocycles. The van der Waals surface area contributed by atoms with Crippen LogP contribution in [0.15, 0.2) is 17.0 Å². The first-order valence-corrected chi connectivity index (χ1v) is 7.55. The van der Waals surface area contributed by atoms with Crippen molar-refractivity contribution < 1.29 is 31.5 Å². The van der Waals surface area contributed by atoms with E-state index in [1.54, 1.807) is 0 Å². The smallest absolute Gasteiger partial charge is 0.306 e. The summed E-state index contributed by atoms with van der Waals surface area (Å²) in [5.41, 5.74) is 0. The van der Waals surface area contributed by atoms with Crippen molar-refractivity contribution in [2.45, 2.75) is 17.7 Å². The number of piperidine rings is 1. The molecule has 1 aromatic carbocycles. The maximum atomic E-state index is 13.6. The number of rotatable bonds is 3. The molecule has 0 radical (unpaired) electrons. The molecule has 0 spiro atoms. The minimum Gasteiger partial charge on any atom is -0.481 e. The second-order valence-corrected chi connectivity index (χ2v) is 6.62. The zero-order valence-electron chi connectivity index (χ0n) is 10.7. The summed E-state index contributed by atoms with van der Waals surface area (Å²) in [6, 6.07) is 0.468. The molecule has 1 heterocycles. The molecule has 0 unspecified atom stereocenters. The Kier molecular flexibility index (Phi) is 4.24. The second kappa shape index (κ2) is 5.64. The summed E-state index contributed by atoms with van der Waals surface area (Å²) in [4.78, 5) is 9.85. The Bertz CT molecular complexity index is 669. The van der Waals surface area contributed by atoms with E-state index < -0.39 is 44.3 Å². The Morgan fingerprint density at radius 2 is 1.62 bits per heavy atom. The molecule has 5 nitrogen and oxygen atoms in total. The van der Waals surface area contributed by atoms with Gasteiger partial charge in [-0.1, -0.05) is 0 Å². The van der Waals surface area contributed by atoms with Gasteiger partial charge in [0.15, 0.2) is 11.6 Å². The van der Waals surface area contributed by atoms with Crippen LogP contribution in [0.1, 0.15) is 12.8 Å². The highest BCUT2D eigenvalue weighted by molar-refractivity contribution is 7.89. The summed E-state index contributed by atoms with van der Waals surface area (Å²) in [7, 11) is -4.32. The van der Waals surface area contributed by atoms with E-state index in [0.29, 0.717) is 6.07 Å². The fourth-order valence-electron chi connectivity index (χ4n) is 2.18. The van der Waals surface area contributed by atoms with Crippen molar-refractivity contribution in [3.63, 3.8) is 0 Å². The highest BCUT2D eigenvalue weighted by Crippen LogP contribution is 2.26. The van der Waals surface area contributed by atoms with Gasteiger partial charge in [-0.2, -0.15) is 4.31 Å². The first-order valence-electron chi connectivity index (χ1n) is 6.11. The Labute approximate surface area is 119 Å². The molecule has 1 saturated heterocycles. The maximum absolute atomic E-state index is 13.6. The average molecular weight is 323 g/mol. The molecule has 116 valence electrons. The van der Waals surface area contributed by atoms with Gasteiger partial charge in [-0.3, -0.25) is 4.79 Å². The summed E-state index contributed by atoms with van der Waals surface area (Å²) in [6.45, 7) is -0.227. The predicted octanol–water partition coefficient (Wildman–Crippen LogP) is 1.59. The van der Waals surface area contributed by atoms with Crippen molar-refractivity contribution in [2.24, 2.45) is 5.92 Å². The van der Waals surface area contributed by atoms with Gasteiger partial charge in [0.1, 0.15) is 10.7 Å². The molecule has 2 rings (SSSR count).